The second-order valence-corrected chi connectivity index (χ2v) is 4.63. The Kier molecular flexibility index (Phi) is 3.85. The molecule has 0 aromatic heterocycles. The maximum Gasteiger partial charge on any atom is 0.159 e. The van der Waals surface area contributed by atoms with Crippen LogP contribution in [0.1, 0.15) is 18.9 Å². The van der Waals surface area contributed by atoms with Gasteiger partial charge in [0.1, 0.15) is 0 Å². The van der Waals surface area contributed by atoms with E-state index in [1.165, 1.54) is 12.1 Å². The molecule has 0 spiro atoms. The Morgan fingerprint density at radius 3 is 2.54 bits per heavy atom. The predicted octanol–water partition coefficient (Wildman–Crippen LogP) is 3.68. The topological polar surface area (TPSA) is 0 Å². The zero-order valence-electron chi connectivity index (χ0n) is 7.36. The fraction of sp³-hybridized carbons (Fsp3) is 0.400. The van der Waals surface area contributed by atoms with Crippen LogP contribution in [0.2, 0.25) is 0 Å². The van der Waals surface area contributed by atoms with Gasteiger partial charge in [0.25, 0.3) is 0 Å². The lowest BCUT2D eigenvalue weighted by molar-refractivity contribution is 0.507. The highest BCUT2D eigenvalue weighted by Crippen LogP contribution is 2.13. The lowest BCUT2D eigenvalue weighted by Crippen LogP contribution is -1.95. The van der Waals surface area contributed by atoms with Crippen molar-refractivity contribution in [3.8, 4) is 0 Å². The summed E-state index contributed by atoms with van der Waals surface area (Å²) in [6.45, 7) is 2.03. The van der Waals surface area contributed by atoms with Gasteiger partial charge in [-0.2, -0.15) is 0 Å². The summed E-state index contributed by atoms with van der Waals surface area (Å²) in [4.78, 5) is 0.403. The van der Waals surface area contributed by atoms with E-state index in [1.807, 2.05) is 6.92 Å². The Labute approximate surface area is 85.1 Å². The molecule has 1 rings (SSSR count). The molecular formula is C10H11BrF2. The largest absolute Gasteiger partial charge is 0.204 e. The molecule has 0 aliphatic carbocycles. The van der Waals surface area contributed by atoms with E-state index in [0.717, 1.165) is 18.4 Å². The van der Waals surface area contributed by atoms with Crippen molar-refractivity contribution in [2.24, 2.45) is 0 Å². The van der Waals surface area contributed by atoms with Gasteiger partial charge in [-0.1, -0.05) is 28.9 Å². The fourth-order valence-corrected chi connectivity index (χ4v) is 1.29. The Bertz CT molecular complexity index is 284. The predicted molar refractivity (Wildman–Crippen MR) is 53.1 cm³/mol. The first-order chi connectivity index (χ1) is 6.09. The standard InChI is InChI=1S/C10H11BrF2/c1-7(11)2-3-8-4-5-9(12)10(13)6-8/h4-7H,2-3H2,1H3. The smallest absolute Gasteiger partial charge is 0.159 e. The normalized spacial score (nSPS) is 12.9. The minimum atomic E-state index is -0.782. The van der Waals surface area contributed by atoms with E-state index in [9.17, 15) is 8.78 Å². The maximum absolute atomic E-state index is 12.7. The zero-order valence-corrected chi connectivity index (χ0v) is 8.94. The van der Waals surface area contributed by atoms with Crippen LogP contribution in [0.5, 0.6) is 0 Å². The third kappa shape index (κ3) is 3.43. The first kappa shape index (κ1) is 10.6. The molecule has 1 atom stereocenters. The summed E-state index contributed by atoms with van der Waals surface area (Å²) in [5.74, 6) is -1.55. The quantitative estimate of drug-likeness (QED) is 0.717. The van der Waals surface area contributed by atoms with E-state index in [0.29, 0.717) is 4.83 Å². The van der Waals surface area contributed by atoms with Crippen LogP contribution >= 0.6 is 15.9 Å². The summed E-state index contributed by atoms with van der Waals surface area (Å²) in [5.41, 5.74) is 0.838. The van der Waals surface area contributed by atoms with E-state index in [1.54, 1.807) is 6.07 Å². The van der Waals surface area contributed by atoms with Gasteiger partial charge in [-0.3, -0.25) is 0 Å². The molecule has 72 valence electrons. The summed E-state index contributed by atoms with van der Waals surface area (Å²) in [6.07, 6.45) is 1.69. The van der Waals surface area contributed by atoms with Gasteiger partial charge in [0.2, 0.25) is 0 Å². The van der Waals surface area contributed by atoms with Crippen molar-refractivity contribution in [3.05, 3.63) is 35.4 Å². The second kappa shape index (κ2) is 4.70. The monoisotopic (exact) mass is 248 g/mol. The lowest BCUT2D eigenvalue weighted by Gasteiger charge is -2.03. The van der Waals surface area contributed by atoms with Crippen molar-refractivity contribution < 1.29 is 8.78 Å². The second-order valence-electron chi connectivity index (χ2n) is 3.07. The molecule has 0 aliphatic rings. The molecule has 1 aromatic rings. The van der Waals surface area contributed by atoms with E-state index >= 15 is 0 Å². The molecule has 1 unspecified atom stereocenters. The van der Waals surface area contributed by atoms with Gasteiger partial charge in [0.05, 0.1) is 0 Å². The molecule has 0 radical (unpaired) electrons. The molecule has 0 amide bonds. The van der Waals surface area contributed by atoms with Crippen LogP contribution in [0.25, 0.3) is 0 Å². The zero-order chi connectivity index (χ0) is 9.84. The minimum Gasteiger partial charge on any atom is -0.204 e. The Hall–Kier alpha value is -0.440. The summed E-state index contributed by atoms with van der Waals surface area (Å²) in [6, 6.07) is 4.04. The molecular weight excluding hydrogens is 238 g/mol. The maximum atomic E-state index is 12.7. The van der Waals surface area contributed by atoms with Crippen LogP contribution in [0.15, 0.2) is 18.2 Å². The van der Waals surface area contributed by atoms with E-state index in [4.69, 9.17) is 0 Å². The number of hydrogen-bond acceptors (Lipinski definition) is 0. The van der Waals surface area contributed by atoms with Gasteiger partial charge < -0.3 is 0 Å². The van der Waals surface area contributed by atoms with Gasteiger partial charge in [-0.25, -0.2) is 8.78 Å². The lowest BCUT2D eigenvalue weighted by atomic mass is 10.1. The molecule has 0 nitrogen and oxygen atoms in total. The van der Waals surface area contributed by atoms with Crippen LogP contribution in [0.3, 0.4) is 0 Å². The number of halogens is 3. The molecule has 13 heavy (non-hydrogen) atoms. The van der Waals surface area contributed by atoms with Crippen molar-refractivity contribution >= 4 is 15.9 Å². The van der Waals surface area contributed by atoms with Crippen molar-refractivity contribution in [2.45, 2.75) is 24.6 Å². The highest BCUT2D eigenvalue weighted by molar-refractivity contribution is 9.09. The van der Waals surface area contributed by atoms with Crippen LogP contribution in [0.4, 0.5) is 8.78 Å². The summed E-state index contributed by atoms with van der Waals surface area (Å²) < 4.78 is 25.2. The first-order valence-electron chi connectivity index (χ1n) is 4.17. The average molecular weight is 249 g/mol. The third-order valence-electron chi connectivity index (χ3n) is 1.81. The SMILES string of the molecule is CC(Br)CCc1ccc(F)c(F)c1. The van der Waals surface area contributed by atoms with Gasteiger partial charge in [-0.15, -0.1) is 0 Å². The Morgan fingerprint density at radius 1 is 1.31 bits per heavy atom. The van der Waals surface area contributed by atoms with Gasteiger partial charge >= 0.3 is 0 Å². The van der Waals surface area contributed by atoms with Crippen LogP contribution < -0.4 is 0 Å². The van der Waals surface area contributed by atoms with E-state index in [-0.39, 0.29) is 0 Å². The van der Waals surface area contributed by atoms with E-state index in [2.05, 4.69) is 15.9 Å². The van der Waals surface area contributed by atoms with Crippen molar-refractivity contribution in [1.82, 2.24) is 0 Å². The van der Waals surface area contributed by atoms with Crippen LogP contribution in [0, 0.1) is 11.6 Å². The third-order valence-corrected chi connectivity index (χ3v) is 2.27. The molecule has 1 aromatic carbocycles. The van der Waals surface area contributed by atoms with Gasteiger partial charge in [-0.05, 0) is 30.5 Å². The summed E-state index contributed by atoms with van der Waals surface area (Å²) >= 11 is 3.40. The van der Waals surface area contributed by atoms with Gasteiger partial charge in [0.15, 0.2) is 11.6 Å². The molecule has 0 aliphatic heterocycles. The Balaban J connectivity index is 2.63. The molecule has 3 heteroatoms. The van der Waals surface area contributed by atoms with Crippen molar-refractivity contribution in [2.75, 3.05) is 0 Å². The Morgan fingerprint density at radius 2 is 2.00 bits per heavy atom. The molecule has 0 saturated heterocycles. The van der Waals surface area contributed by atoms with Crippen LogP contribution in [-0.4, -0.2) is 4.83 Å². The van der Waals surface area contributed by atoms with E-state index < -0.39 is 11.6 Å². The van der Waals surface area contributed by atoms with Crippen molar-refractivity contribution in [3.63, 3.8) is 0 Å². The number of hydrogen-bond donors (Lipinski definition) is 0. The highest BCUT2D eigenvalue weighted by Gasteiger charge is 2.03. The summed E-state index contributed by atoms with van der Waals surface area (Å²) in [7, 11) is 0. The fourth-order valence-electron chi connectivity index (χ4n) is 1.06. The molecule has 0 fully saturated rings. The molecule has 0 bridgehead atoms. The average Bonchev–Trinajstić information content (AvgIpc) is 2.07. The number of rotatable bonds is 3. The van der Waals surface area contributed by atoms with Crippen LogP contribution in [-0.2, 0) is 6.42 Å². The highest BCUT2D eigenvalue weighted by atomic mass is 79.9. The first-order valence-corrected chi connectivity index (χ1v) is 5.09. The molecule has 0 heterocycles. The number of alkyl halides is 1. The van der Waals surface area contributed by atoms with Gasteiger partial charge in [0, 0.05) is 4.83 Å². The molecule has 0 N–H and O–H groups in total. The number of benzene rings is 1. The minimum absolute atomic E-state index is 0.403. The summed E-state index contributed by atoms with van der Waals surface area (Å²) in [5, 5.41) is 0. The number of aryl methyl sites for hydroxylation is 1. The van der Waals surface area contributed by atoms with Crippen molar-refractivity contribution in [1.29, 1.82) is 0 Å². The molecule has 0 saturated carbocycles.